The summed E-state index contributed by atoms with van der Waals surface area (Å²) in [6.07, 6.45) is 3.59. The molecule has 4 rings (SSSR count). The van der Waals surface area contributed by atoms with E-state index in [1.54, 1.807) is 24.5 Å². The second-order valence-corrected chi connectivity index (χ2v) is 9.50. The standard InChI is InChI=1S/C19H20N6O4S/c1-10-13(6-22-8-15(10)20)16-4-11-5-17(23-7-14(11)18(21)24-16)25(19(26)27)12-2-3-30(28,29)9-12/h4-8,12H,2-3,9,20H2,1H3,(H2,21,24)(H,26,27). The van der Waals surface area contributed by atoms with Crippen LogP contribution in [0, 0.1) is 6.92 Å². The van der Waals surface area contributed by atoms with E-state index in [0.29, 0.717) is 27.7 Å². The molecule has 1 fully saturated rings. The predicted molar refractivity (Wildman–Crippen MR) is 114 cm³/mol. The minimum absolute atomic E-state index is 0.0439. The fourth-order valence-corrected chi connectivity index (χ4v) is 5.35. The molecular weight excluding hydrogens is 408 g/mol. The van der Waals surface area contributed by atoms with Gasteiger partial charge in [0.2, 0.25) is 0 Å². The van der Waals surface area contributed by atoms with Crippen molar-refractivity contribution in [2.24, 2.45) is 0 Å². The van der Waals surface area contributed by atoms with Gasteiger partial charge in [0.1, 0.15) is 11.6 Å². The van der Waals surface area contributed by atoms with Gasteiger partial charge in [0.05, 0.1) is 35.1 Å². The van der Waals surface area contributed by atoms with E-state index >= 15 is 0 Å². The summed E-state index contributed by atoms with van der Waals surface area (Å²) in [6.45, 7) is 1.85. The van der Waals surface area contributed by atoms with Crippen molar-refractivity contribution >= 4 is 44.0 Å². The van der Waals surface area contributed by atoms with Crippen molar-refractivity contribution in [3.8, 4) is 11.3 Å². The fourth-order valence-electron chi connectivity index (χ4n) is 3.65. The van der Waals surface area contributed by atoms with E-state index in [2.05, 4.69) is 15.0 Å². The van der Waals surface area contributed by atoms with Gasteiger partial charge in [-0.05, 0) is 36.4 Å². The molecule has 1 saturated heterocycles. The Morgan fingerprint density at radius 1 is 1.23 bits per heavy atom. The van der Waals surface area contributed by atoms with Crippen molar-refractivity contribution in [2.45, 2.75) is 19.4 Å². The van der Waals surface area contributed by atoms with Crippen LogP contribution in [0.3, 0.4) is 0 Å². The first-order chi connectivity index (χ1) is 14.2. The summed E-state index contributed by atoms with van der Waals surface area (Å²) in [7, 11) is -3.26. The van der Waals surface area contributed by atoms with Crippen molar-refractivity contribution in [2.75, 3.05) is 27.9 Å². The number of nitrogens with two attached hydrogens (primary N) is 2. The second-order valence-electron chi connectivity index (χ2n) is 7.27. The van der Waals surface area contributed by atoms with Gasteiger partial charge in [-0.3, -0.25) is 9.88 Å². The Morgan fingerprint density at radius 3 is 2.67 bits per heavy atom. The van der Waals surface area contributed by atoms with Gasteiger partial charge in [0, 0.05) is 23.3 Å². The molecule has 1 aliphatic rings. The lowest BCUT2D eigenvalue weighted by atomic mass is 10.0. The van der Waals surface area contributed by atoms with Crippen LogP contribution in [0.25, 0.3) is 22.0 Å². The SMILES string of the molecule is Cc1c(N)cncc1-c1cc2cc(N(C(=O)O)C3CCS(=O)(=O)C3)ncc2c(N)n1. The maximum atomic E-state index is 11.9. The van der Waals surface area contributed by atoms with Gasteiger partial charge in [-0.15, -0.1) is 0 Å². The zero-order chi connectivity index (χ0) is 21.6. The summed E-state index contributed by atoms with van der Waals surface area (Å²) in [6, 6.07) is 2.65. The number of fused-ring (bicyclic) bond motifs is 1. The van der Waals surface area contributed by atoms with Crippen LogP contribution in [0.1, 0.15) is 12.0 Å². The second kappa shape index (κ2) is 7.10. The number of nitrogen functional groups attached to an aromatic ring is 2. The van der Waals surface area contributed by atoms with Crippen molar-refractivity contribution < 1.29 is 18.3 Å². The first-order valence-electron chi connectivity index (χ1n) is 9.15. The first-order valence-corrected chi connectivity index (χ1v) is 11.0. The number of anilines is 3. The number of rotatable bonds is 3. The van der Waals surface area contributed by atoms with Crippen LogP contribution in [-0.2, 0) is 9.84 Å². The molecule has 3 aromatic rings. The summed E-state index contributed by atoms with van der Waals surface area (Å²) in [5.74, 6) is 0.0963. The van der Waals surface area contributed by atoms with Crippen LogP contribution in [0.5, 0.6) is 0 Å². The number of nitrogens with zero attached hydrogens (tertiary/aromatic N) is 4. The smallest absolute Gasteiger partial charge is 0.413 e. The van der Waals surface area contributed by atoms with Crippen molar-refractivity contribution in [3.63, 3.8) is 0 Å². The molecule has 4 heterocycles. The molecule has 1 amide bonds. The highest BCUT2D eigenvalue weighted by molar-refractivity contribution is 7.91. The molecular formula is C19H20N6O4S. The van der Waals surface area contributed by atoms with Crippen LogP contribution >= 0.6 is 0 Å². The van der Waals surface area contributed by atoms with E-state index in [1.165, 1.54) is 6.20 Å². The van der Waals surface area contributed by atoms with Crippen LogP contribution < -0.4 is 16.4 Å². The zero-order valence-corrected chi connectivity index (χ0v) is 16.9. The monoisotopic (exact) mass is 428 g/mol. The number of carboxylic acid groups (broad SMARTS) is 1. The third-order valence-electron chi connectivity index (χ3n) is 5.29. The number of sulfone groups is 1. The highest BCUT2D eigenvalue weighted by atomic mass is 32.2. The number of hydrogen-bond acceptors (Lipinski definition) is 8. The van der Waals surface area contributed by atoms with Crippen LogP contribution in [0.2, 0.25) is 0 Å². The Balaban J connectivity index is 1.83. The third-order valence-corrected chi connectivity index (χ3v) is 7.04. The maximum absolute atomic E-state index is 11.9. The molecule has 0 bridgehead atoms. The molecule has 30 heavy (non-hydrogen) atoms. The minimum atomic E-state index is -3.26. The van der Waals surface area contributed by atoms with Crippen molar-refractivity contribution in [3.05, 3.63) is 36.3 Å². The average Bonchev–Trinajstić information content (AvgIpc) is 3.02. The molecule has 5 N–H and O–H groups in total. The molecule has 156 valence electrons. The van der Waals surface area contributed by atoms with Gasteiger partial charge in [-0.1, -0.05) is 0 Å². The van der Waals surface area contributed by atoms with Crippen LogP contribution in [0.15, 0.2) is 30.7 Å². The molecule has 0 radical (unpaired) electrons. The Hall–Kier alpha value is -3.47. The van der Waals surface area contributed by atoms with Crippen molar-refractivity contribution in [1.82, 2.24) is 15.0 Å². The average molecular weight is 428 g/mol. The van der Waals surface area contributed by atoms with Gasteiger partial charge in [-0.2, -0.15) is 0 Å². The van der Waals surface area contributed by atoms with E-state index < -0.39 is 22.0 Å². The minimum Gasteiger partial charge on any atom is -0.465 e. The van der Waals surface area contributed by atoms with Crippen LogP contribution in [0.4, 0.5) is 22.1 Å². The van der Waals surface area contributed by atoms with Crippen molar-refractivity contribution in [1.29, 1.82) is 0 Å². The first kappa shape index (κ1) is 19.8. The third kappa shape index (κ3) is 3.47. The number of pyridine rings is 3. The Labute approximate surface area is 172 Å². The number of aromatic nitrogens is 3. The largest absolute Gasteiger partial charge is 0.465 e. The van der Waals surface area contributed by atoms with Gasteiger partial charge in [0.15, 0.2) is 9.84 Å². The van der Waals surface area contributed by atoms with E-state index in [0.717, 1.165) is 10.5 Å². The number of carbonyl (C=O) groups is 1. The molecule has 11 heteroatoms. The normalized spacial score (nSPS) is 17.8. The quantitative estimate of drug-likeness (QED) is 0.564. The highest BCUT2D eigenvalue weighted by Gasteiger charge is 2.36. The molecule has 10 nitrogen and oxygen atoms in total. The van der Waals surface area contributed by atoms with E-state index in [9.17, 15) is 18.3 Å². The molecule has 1 atom stereocenters. The molecule has 0 aliphatic carbocycles. The van der Waals surface area contributed by atoms with Gasteiger partial charge in [0.25, 0.3) is 0 Å². The highest BCUT2D eigenvalue weighted by Crippen LogP contribution is 2.32. The fraction of sp³-hybridized carbons (Fsp3) is 0.263. The Bertz CT molecular complexity index is 1280. The number of hydrogen-bond donors (Lipinski definition) is 3. The Kier molecular flexibility index (Phi) is 4.69. The summed E-state index contributed by atoms with van der Waals surface area (Å²) >= 11 is 0. The van der Waals surface area contributed by atoms with Gasteiger partial charge >= 0.3 is 6.09 Å². The van der Waals surface area contributed by atoms with E-state index in [-0.39, 0.29) is 29.6 Å². The summed E-state index contributed by atoms with van der Waals surface area (Å²) in [4.78, 5) is 25.6. The van der Waals surface area contributed by atoms with Gasteiger partial charge in [-0.25, -0.2) is 23.2 Å². The summed E-state index contributed by atoms with van der Waals surface area (Å²) < 4.78 is 23.7. The molecule has 0 spiro atoms. The maximum Gasteiger partial charge on any atom is 0.413 e. The predicted octanol–water partition coefficient (Wildman–Crippen LogP) is 1.84. The Morgan fingerprint density at radius 2 is 2.00 bits per heavy atom. The van der Waals surface area contributed by atoms with E-state index in [4.69, 9.17) is 11.5 Å². The molecule has 0 saturated carbocycles. The van der Waals surface area contributed by atoms with Gasteiger partial charge < -0.3 is 16.6 Å². The lowest BCUT2D eigenvalue weighted by Crippen LogP contribution is -2.40. The molecule has 0 aromatic carbocycles. The number of amides is 1. The molecule has 3 aromatic heterocycles. The topological polar surface area (TPSA) is 165 Å². The summed E-state index contributed by atoms with van der Waals surface area (Å²) in [5, 5.41) is 10.9. The molecule has 1 unspecified atom stereocenters. The lowest BCUT2D eigenvalue weighted by molar-refractivity contribution is 0.199. The molecule has 1 aliphatic heterocycles. The van der Waals surface area contributed by atoms with Crippen LogP contribution in [-0.4, -0.2) is 52.1 Å². The lowest BCUT2D eigenvalue weighted by Gasteiger charge is -2.24. The summed E-state index contributed by atoms with van der Waals surface area (Å²) in [5.41, 5.74) is 14.6. The van der Waals surface area contributed by atoms with E-state index in [1.807, 2.05) is 6.92 Å². The zero-order valence-electron chi connectivity index (χ0n) is 16.1.